The molecule has 122 valence electrons. The highest BCUT2D eigenvalue weighted by Gasteiger charge is 2.49. The van der Waals surface area contributed by atoms with E-state index in [1.807, 2.05) is 18.2 Å². The Balaban J connectivity index is 0.00000176. The number of halogens is 2. The standard InChI is InChI=1S/C17H23ClN2O.ClH/c18-15-6-3-4-13(10-15)7-9-20-16(21)17-8-2-1-5-14(17)11-19-12-17;/h3-4,6,10,14,19H,1-2,5,7-9,11-12H2,(H,20,21);1H/t14-,17+;/m0./s1. The van der Waals surface area contributed by atoms with Gasteiger partial charge in [-0.05, 0) is 49.4 Å². The van der Waals surface area contributed by atoms with Crippen LogP contribution in [0.5, 0.6) is 0 Å². The molecule has 0 radical (unpaired) electrons. The summed E-state index contributed by atoms with van der Waals surface area (Å²) in [5.41, 5.74) is 1.03. The molecule has 2 aliphatic rings. The number of hydrogen-bond acceptors (Lipinski definition) is 2. The molecule has 1 aromatic rings. The first-order valence-electron chi connectivity index (χ1n) is 7.94. The first-order valence-corrected chi connectivity index (χ1v) is 8.32. The predicted octanol–water partition coefficient (Wildman–Crippen LogP) is 3.20. The van der Waals surface area contributed by atoms with Crippen LogP contribution in [0, 0.1) is 11.3 Å². The molecular weight excluding hydrogens is 319 g/mol. The van der Waals surface area contributed by atoms with Crippen molar-refractivity contribution in [3.63, 3.8) is 0 Å². The molecule has 2 atom stereocenters. The fourth-order valence-corrected chi connectivity index (χ4v) is 4.09. The Bertz CT molecular complexity index is 523. The summed E-state index contributed by atoms with van der Waals surface area (Å²) in [5, 5.41) is 7.34. The van der Waals surface area contributed by atoms with Crippen LogP contribution in [0.15, 0.2) is 24.3 Å². The number of benzene rings is 1. The van der Waals surface area contributed by atoms with Crippen LogP contribution in [0.1, 0.15) is 31.2 Å². The minimum atomic E-state index is -0.146. The first-order chi connectivity index (χ1) is 10.2. The second kappa shape index (κ2) is 7.67. The van der Waals surface area contributed by atoms with Gasteiger partial charge in [0, 0.05) is 18.1 Å². The maximum absolute atomic E-state index is 12.7. The molecule has 1 aliphatic carbocycles. The van der Waals surface area contributed by atoms with Gasteiger partial charge in [-0.25, -0.2) is 0 Å². The summed E-state index contributed by atoms with van der Waals surface area (Å²) < 4.78 is 0. The molecule has 2 N–H and O–H groups in total. The Morgan fingerprint density at radius 1 is 1.41 bits per heavy atom. The van der Waals surface area contributed by atoms with E-state index in [-0.39, 0.29) is 23.7 Å². The molecule has 1 saturated heterocycles. The minimum absolute atomic E-state index is 0. The number of hydrogen-bond donors (Lipinski definition) is 2. The van der Waals surface area contributed by atoms with Crippen LogP contribution in [0.2, 0.25) is 5.02 Å². The molecule has 0 bridgehead atoms. The summed E-state index contributed by atoms with van der Waals surface area (Å²) in [6, 6.07) is 7.85. The number of carbonyl (C=O) groups is 1. The van der Waals surface area contributed by atoms with Crippen molar-refractivity contribution in [1.82, 2.24) is 10.6 Å². The summed E-state index contributed by atoms with van der Waals surface area (Å²) in [7, 11) is 0. The fourth-order valence-electron chi connectivity index (χ4n) is 3.88. The zero-order valence-electron chi connectivity index (χ0n) is 12.7. The summed E-state index contributed by atoms with van der Waals surface area (Å²) in [6.07, 6.45) is 5.51. The van der Waals surface area contributed by atoms with Crippen LogP contribution in [0.25, 0.3) is 0 Å². The third kappa shape index (κ3) is 3.58. The van der Waals surface area contributed by atoms with Crippen LogP contribution in [0.3, 0.4) is 0 Å². The second-order valence-electron chi connectivity index (χ2n) is 6.37. The summed E-state index contributed by atoms with van der Waals surface area (Å²) in [6.45, 7) is 2.54. The van der Waals surface area contributed by atoms with Crippen LogP contribution in [-0.2, 0) is 11.2 Å². The maximum Gasteiger partial charge on any atom is 0.227 e. The van der Waals surface area contributed by atoms with Gasteiger partial charge in [-0.2, -0.15) is 0 Å². The summed E-state index contributed by atoms with van der Waals surface area (Å²) in [4.78, 5) is 12.7. The van der Waals surface area contributed by atoms with E-state index in [9.17, 15) is 4.79 Å². The fraction of sp³-hybridized carbons (Fsp3) is 0.588. The molecule has 1 heterocycles. The average Bonchev–Trinajstić information content (AvgIpc) is 2.92. The van der Waals surface area contributed by atoms with Crippen molar-refractivity contribution >= 4 is 29.9 Å². The van der Waals surface area contributed by atoms with E-state index in [1.54, 1.807) is 0 Å². The van der Waals surface area contributed by atoms with Crippen LogP contribution >= 0.6 is 24.0 Å². The SMILES string of the molecule is Cl.O=C(NCCc1cccc(Cl)c1)[C@@]12CCCC[C@H]1CNC2. The van der Waals surface area contributed by atoms with Gasteiger partial charge in [-0.15, -0.1) is 12.4 Å². The molecule has 0 aromatic heterocycles. The number of carbonyl (C=O) groups excluding carboxylic acids is 1. The van der Waals surface area contributed by atoms with Crippen molar-refractivity contribution in [2.45, 2.75) is 32.1 Å². The van der Waals surface area contributed by atoms with E-state index in [1.165, 1.54) is 24.8 Å². The van der Waals surface area contributed by atoms with Gasteiger partial charge in [0.1, 0.15) is 0 Å². The van der Waals surface area contributed by atoms with Crippen LogP contribution in [0.4, 0.5) is 0 Å². The van der Waals surface area contributed by atoms with Gasteiger partial charge in [0.2, 0.25) is 5.91 Å². The highest BCUT2D eigenvalue weighted by atomic mass is 35.5. The van der Waals surface area contributed by atoms with Crippen molar-refractivity contribution < 1.29 is 4.79 Å². The maximum atomic E-state index is 12.7. The molecular formula is C17H24Cl2N2O. The van der Waals surface area contributed by atoms with Gasteiger partial charge in [0.05, 0.1) is 5.41 Å². The molecule has 0 unspecified atom stereocenters. The highest BCUT2D eigenvalue weighted by Crippen LogP contribution is 2.43. The van der Waals surface area contributed by atoms with Crippen molar-refractivity contribution in [2.75, 3.05) is 19.6 Å². The average molecular weight is 343 g/mol. The van der Waals surface area contributed by atoms with Crippen molar-refractivity contribution in [2.24, 2.45) is 11.3 Å². The molecule has 3 rings (SSSR count). The third-order valence-electron chi connectivity index (χ3n) is 5.08. The van der Waals surface area contributed by atoms with Crippen molar-refractivity contribution in [3.8, 4) is 0 Å². The van der Waals surface area contributed by atoms with Crippen LogP contribution < -0.4 is 10.6 Å². The Kier molecular flexibility index (Phi) is 6.13. The van der Waals surface area contributed by atoms with Gasteiger partial charge in [0.25, 0.3) is 0 Å². The van der Waals surface area contributed by atoms with E-state index in [4.69, 9.17) is 11.6 Å². The molecule has 1 saturated carbocycles. The normalized spacial score (nSPS) is 26.9. The first kappa shape index (κ1) is 17.6. The highest BCUT2D eigenvalue weighted by molar-refractivity contribution is 6.30. The lowest BCUT2D eigenvalue weighted by atomic mass is 9.67. The van der Waals surface area contributed by atoms with Crippen molar-refractivity contribution in [3.05, 3.63) is 34.9 Å². The molecule has 5 heteroatoms. The van der Waals surface area contributed by atoms with Gasteiger partial charge < -0.3 is 10.6 Å². The predicted molar refractivity (Wildman–Crippen MR) is 92.7 cm³/mol. The lowest BCUT2D eigenvalue weighted by Crippen LogP contribution is -2.48. The molecule has 1 aliphatic heterocycles. The smallest absolute Gasteiger partial charge is 0.227 e. The van der Waals surface area contributed by atoms with Gasteiger partial charge >= 0.3 is 0 Å². The number of fused-ring (bicyclic) bond motifs is 1. The van der Waals surface area contributed by atoms with E-state index in [0.717, 1.165) is 31.0 Å². The number of amides is 1. The Morgan fingerprint density at radius 3 is 3.09 bits per heavy atom. The van der Waals surface area contributed by atoms with Gasteiger partial charge in [-0.3, -0.25) is 4.79 Å². The van der Waals surface area contributed by atoms with E-state index < -0.39 is 0 Å². The zero-order chi connectivity index (χ0) is 14.7. The quantitative estimate of drug-likeness (QED) is 0.882. The van der Waals surface area contributed by atoms with Crippen molar-refractivity contribution in [1.29, 1.82) is 0 Å². The molecule has 0 spiro atoms. The third-order valence-corrected chi connectivity index (χ3v) is 5.31. The lowest BCUT2D eigenvalue weighted by molar-refractivity contribution is -0.133. The van der Waals surface area contributed by atoms with E-state index in [0.29, 0.717) is 12.5 Å². The lowest BCUT2D eigenvalue weighted by Gasteiger charge is -2.37. The molecule has 22 heavy (non-hydrogen) atoms. The molecule has 1 aromatic carbocycles. The Labute approximate surface area is 143 Å². The van der Waals surface area contributed by atoms with E-state index in [2.05, 4.69) is 16.7 Å². The largest absolute Gasteiger partial charge is 0.355 e. The van der Waals surface area contributed by atoms with E-state index >= 15 is 0 Å². The van der Waals surface area contributed by atoms with Gasteiger partial charge in [0.15, 0.2) is 0 Å². The van der Waals surface area contributed by atoms with Gasteiger partial charge in [-0.1, -0.05) is 36.6 Å². The minimum Gasteiger partial charge on any atom is -0.355 e. The summed E-state index contributed by atoms with van der Waals surface area (Å²) >= 11 is 5.98. The van der Waals surface area contributed by atoms with Crippen LogP contribution in [-0.4, -0.2) is 25.5 Å². The molecule has 2 fully saturated rings. The monoisotopic (exact) mass is 342 g/mol. The zero-order valence-corrected chi connectivity index (χ0v) is 14.3. The topological polar surface area (TPSA) is 41.1 Å². The molecule has 3 nitrogen and oxygen atoms in total. The number of rotatable bonds is 4. The second-order valence-corrected chi connectivity index (χ2v) is 6.80. The molecule has 1 amide bonds. The Morgan fingerprint density at radius 2 is 2.27 bits per heavy atom. The summed E-state index contributed by atoms with van der Waals surface area (Å²) in [5.74, 6) is 0.775. The Hall–Kier alpha value is -0.770. The number of nitrogens with one attached hydrogen (secondary N) is 2.